The average molecular weight is 397 g/mol. The fourth-order valence-electron chi connectivity index (χ4n) is 2.66. The van der Waals surface area contributed by atoms with Gasteiger partial charge in [0.25, 0.3) is 11.8 Å². The Morgan fingerprint density at radius 3 is 2.48 bits per heavy atom. The second-order valence-electron chi connectivity index (χ2n) is 6.45. The largest absolute Gasteiger partial charge is 0.349 e. The summed E-state index contributed by atoms with van der Waals surface area (Å²) in [5.41, 5.74) is 2.17. The van der Waals surface area contributed by atoms with Crippen molar-refractivity contribution in [3.8, 4) is 10.4 Å². The molecule has 2 N–H and O–H groups in total. The smallest absolute Gasteiger partial charge is 0.265 e. The molecule has 27 heavy (non-hydrogen) atoms. The van der Waals surface area contributed by atoms with Crippen LogP contribution in [-0.4, -0.2) is 17.9 Å². The Balaban J connectivity index is 1.46. The highest BCUT2D eigenvalue weighted by atomic mass is 35.5. The number of carbonyl (C=O) groups excluding carboxylic acids is 2. The van der Waals surface area contributed by atoms with Crippen LogP contribution in [-0.2, 0) is 0 Å². The van der Waals surface area contributed by atoms with E-state index in [0.717, 1.165) is 23.3 Å². The second kappa shape index (κ2) is 7.55. The Bertz CT molecular complexity index is 993. The van der Waals surface area contributed by atoms with Crippen LogP contribution in [0.3, 0.4) is 0 Å². The number of carbonyl (C=O) groups is 2. The molecule has 0 spiro atoms. The maximum atomic E-state index is 12.6. The average Bonchev–Trinajstić information content (AvgIpc) is 3.34. The molecule has 2 aromatic carbocycles. The molecule has 0 radical (unpaired) electrons. The molecule has 1 aliphatic carbocycles. The lowest BCUT2D eigenvalue weighted by atomic mass is 10.2. The van der Waals surface area contributed by atoms with Crippen molar-refractivity contribution < 1.29 is 9.59 Å². The summed E-state index contributed by atoms with van der Waals surface area (Å²) in [4.78, 5) is 26.3. The van der Waals surface area contributed by atoms with Crippen molar-refractivity contribution in [3.05, 3.63) is 76.1 Å². The van der Waals surface area contributed by atoms with Crippen molar-refractivity contribution in [2.24, 2.45) is 0 Å². The van der Waals surface area contributed by atoms with Crippen molar-refractivity contribution in [2.45, 2.75) is 18.9 Å². The maximum absolute atomic E-state index is 12.6. The number of halogens is 1. The molecule has 4 rings (SSSR count). The van der Waals surface area contributed by atoms with Crippen LogP contribution in [0, 0.1) is 0 Å². The minimum absolute atomic E-state index is 0.102. The van der Waals surface area contributed by atoms with Gasteiger partial charge < -0.3 is 10.6 Å². The van der Waals surface area contributed by atoms with Crippen LogP contribution >= 0.6 is 22.9 Å². The number of rotatable bonds is 5. The number of nitrogens with one attached hydrogen (secondary N) is 2. The van der Waals surface area contributed by atoms with E-state index in [0.29, 0.717) is 27.2 Å². The highest BCUT2D eigenvalue weighted by Gasteiger charge is 2.23. The second-order valence-corrected chi connectivity index (χ2v) is 7.97. The van der Waals surface area contributed by atoms with Crippen LogP contribution in [0.15, 0.2) is 60.7 Å². The van der Waals surface area contributed by atoms with Crippen molar-refractivity contribution in [1.29, 1.82) is 0 Å². The summed E-state index contributed by atoms with van der Waals surface area (Å²) in [7, 11) is 0. The van der Waals surface area contributed by atoms with Gasteiger partial charge in [-0.2, -0.15) is 0 Å². The van der Waals surface area contributed by atoms with Gasteiger partial charge in [-0.3, -0.25) is 9.59 Å². The first-order valence-corrected chi connectivity index (χ1v) is 9.86. The monoisotopic (exact) mass is 396 g/mol. The first-order valence-electron chi connectivity index (χ1n) is 8.66. The lowest BCUT2D eigenvalue weighted by molar-refractivity contribution is 0.0949. The van der Waals surface area contributed by atoms with Gasteiger partial charge in [-0.15, -0.1) is 11.3 Å². The number of hydrogen-bond donors (Lipinski definition) is 2. The van der Waals surface area contributed by atoms with Crippen molar-refractivity contribution in [1.82, 2.24) is 5.32 Å². The van der Waals surface area contributed by atoms with E-state index in [1.807, 2.05) is 30.3 Å². The molecular formula is C21H17ClN2O2S. The quantitative estimate of drug-likeness (QED) is 0.621. The summed E-state index contributed by atoms with van der Waals surface area (Å²) in [5.74, 6) is -0.297. The molecule has 1 fully saturated rings. The standard InChI is InChI=1S/C21H17ClN2O2S/c22-15-6-4-13(5-7-15)18-10-11-19(27-18)21(26)24-17-3-1-2-14(12-17)20(25)23-16-8-9-16/h1-7,10-12,16H,8-9H2,(H,23,25)(H,24,26). The molecule has 2 amide bonds. The summed E-state index contributed by atoms with van der Waals surface area (Å²) in [6.45, 7) is 0. The van der Waals surface area contributed by atoms with Gasteiger partial charge in [0.15, 0.2) is 0 Å². The van der Waals surface area contributed by atoms with Gasteiger partial charge in [0.05, 0.1) is 4.88 Å². The molecule has 0 bridgehead atoms. The molecule has 0 aliphatic heterocycles. The van der Waals surface area contributed by atoms with Crippen LogP contribution < -0.4 is 10.6 Å². The minimum atomic E-state index is -0.194. The topological polar surface area (TPSA) is 58.2 Å². The predicted molar refractivity (Wildman–Crippen MR) is 110 cm³/mol. The Morgan fingerprint density at radius 2 is 1.74 bits per heavy atom. The third kappa shape index (κ3) is 4.38. The van der Waals surface area contributed by atoms with E-state index >= 15 is 0 Å². The van der Waals surface area contributed by atoms with E-state index < -0.39 is 0 Å². The van der Waals surface area contributed by atoms with Crippen LogP contribution in [0.25, 0.3) is 10.4 Å². The van der Waals surface area contributed by atoms with Crippen molar-refractivity contribution in [3.63, 3.8) is 0 Å². The van der Waals surface area contributed by atoms with E-state index in [4.69, 9.17) is 11.6 Å². The number of hydrogen-bond acceptors (Lipinski definition) is 3. The SMILES string of the molecule is O=C(NC1CC1)c1cccc(NC(=O)c2ccc(-c3ccc(Cl)cc3)s2)c1. The van der Waals surface area contributed by atoms with Gasteiger partial charge in [-0.25, -0.2) is 0 Å². The molecule has 0 unspecified atom stereocenters. The normalized spacial score (nSPS) is 13.2. The van der Waals surface area contributed by atoms with Crippen LogP contribution in [0.2, 0.25) is 5.02 Å². The highest BCUT2D eigenvalue weighted by Crippen LogP contribution is 2.29. The molecule has 0 saturated heterocycles. The molecule has 3 aromatic rings. The van der Waals surface area contributed by atoms with Gasteiger partial charge in [0.1, 0.15) is 0 Å². The first kappa shape index (κ1) is 17.8. The fraction of sp³-hybridized carbons (Fsp3) is 0.143. The number of benzene rings is 2. The summed E-state index contributed by atoms with van der Waals surface area (Å²) in [6, 6.07) is 18.5. The summed E-state index contributed by atoms with van der Waals surface area (Å²) < 4.78 is 0. The summed E-state index contributed by atoms with van der Waals surface area (Å²) in [6.07, 6.45) is 2.08. The predicted octanol–water partition coefficient (Wildman–Crippen LogP) is 5.21. The molecule has 6 heteroatoms. The van der Waals surface area contributed by atoms with E-state index in [1.165, 1.54) is 11.3 Å². The van der Waals surface area contributed by atoms with E-state index in [1.54, 1.807) is 30.3 Å². The zero-order valence-corrected chi connectivity index (χ0v) is 15.9. The Hall–Kier alpha value is -2.63. The summed E-state index contributed by atoms with van der Waals surface area (Å²) in [5, 5.41) is 6.50. The highest BCUT2D eigenvalue weighted by molar-refractivity contribution is 7.17. The molecule has 1 heterocycles. The maximum Gasteiger partial charge on any atom is 0.265 e. The molecular weight excluding hydrogens is 380 g/mol. The molecule has 1 aromatic heterocycles. The number of amides is 2. The molecule has 0 atom stereocenters. The van der Waals surface area contributed by atoms with Crippen LogP contribution in [0.5, 0.6) is 0 Å². The molecule has 4 nitrogen and oxygen atoms in total. The molecule has 1 saturated carbocycles. The van der Waals surface area contributed by atoms with E-state index in [-0.39, 0.29) is 11.8 Å². The number of anilines is 1. The lowest BCUT2D eigenvalue weighted by Gasteiger charge is -2.07. The van der Waals surface area contributed by atoms with Crippen molar-refractivity contribution in [2.75, 3.05) is 5.32 Å². The van der Waals surface area contributed by atoms with Crippen LogP contribution in [0.1, 0.15) is 32.9 Å². The first-order chi connectivity index (χ1) is 13.1. The van der Waals surface area contributed by atoms with Gasteiger partial charge in [0.2, 0.25) is 0 Å². The molecule has 1 aliphatic rings. The van der Waals surface area contributed by atoms with Crippen LogP contribution in [0.4, 0.5) is 5.69 Å². The van der Waals surface area contributed by atoms with Gasteiger partial charge >= 0.3 is 0 Å². The zero-order valence-electron chi connectivity index (χ0n) is 14.4. The van der Waals surface area contributed by atoms with Gasteiger partial charge in [-0.1, -0.05) is 29.8 Å². The van der Waals surface area contributed by atoms with E-state index in [2.05, 4.69) is 10.6 Å². The lowest BCUT2D eigenvalue weighted by Crippen LogP contribution is -2.25. The fourth-order valence-corrected chi connectivity index (χ4v) is 3.69. The minimum Gasteiger partial charge on any atom is -0.349 e. The summed E-state index contributed by atoms with van der Waals surface area (Å²) >= 11 is 7.33. The zero-order chi connectivity index (χ0) is 18.8. The molecule has 136 valence electrons. The third-order valence-corrected chi connectivity index (χ3v) is 5.64. The van der Waals surface area contributed by atoms with Gasteiger partial charge in [0, 0.05) is 27.2 Å². The van der Waals surface area contributed by atoms with Gasteiger partial charge in [-0.05, 0) is 60.9 Å². The Labute approximate surface area is 166 Å². The Morgan fingerprint density at radius 1 is 0.963 bits per heavy atom. The third-order valence-electron chi connectivity index (χ3n) is 4.25. The van der Waals surface area contributed by atoms with E-state index in [9.17, 15) is 9.59 Å². The number of thiophene rings is 1. The van der Waals surface area contributed by atoms with Crippen molar-refractivity contribution >= 4 is 40.4 Å². The Kier molecular flexibility index (Phi) is 4.97.